The predicted octanol–water partition coefficient (Wildman–Crippen LogP) is 3.19. The van der Waals surface area contributed by atoms with Crippen LogP contribution in [0.25, 0.3) is 0 Å². The zero-order valence-corrected chi connectivity index (χ0v) is 13.7. The van der Waals surface area contributed by atoms with Gasteiger partial charge in [0.15, 0.2) is 0 Å². The smallest absolute Gasteiger partial charge is 0.424 e. The molecule has 0 radical (unpaired) electrons. The maximum atomic E-state index is 12.8. The van der Waals surface area contributed by atoms with Crippen molar-refractivity contribution in [1.82, 2.24) is 4.31 Å². The molecule has 120 valence electrons. The van der Waals surface area contributed by atoms with E-state index < -0.39 is 22.2 Å². The molecule has 2 aromatic rings. The van der Waals surface area contributed by atoms with E-state index in [-0.39, 0.29) is 11.5 Å². The molecule has 5 nitrogen and oxygen atoms in total. The number of carbonyl (C=O) groups is 1. The van der Waals surface area contributed by atoms with Crippen LogP contribution in [0.3, 0.4) is 0 Å². The molecule has 0 bridgehead atoms. The van der Waals surface area contributed by atoms with E-state index in [9.17, 15) is 13.2 Å². The normalized spacial score (nSPS) is 18.1. The van der Waals surface area contributed by atoms with Crippen LogP contribution in [0.5, 0.6) is 0 Å². The summed E-state index contributed by atoms with van der Waals surface area (Å²) in [5, 5.41) is 0. The molecular weight excluding hydrogens is 314 g/mol. The molecule has 6 heteroatoms. The van der Waals surface area contributed by atoms with Gasteiger partial charge >= 0.3 is 6.09 Å². The minimum Gasteiger partial charge on any atom is -0.446 e. The van der Waals surface area contributed by atoms with Gasteiger partial charge in [0.1, 0.15) is 12.6 Å². The van der Waals surface area contributed by atoms with E-state index in [0.717, 1.165) is 21.0 Å². The molecule has 3 rings (SSSR count). The molecule has 23 heavy (non-hydrogen) atoms. The standard InChI is InChI=1S/C17H17NO4S/c1-12-3-7-14(8-4-12)16-11-22-17(19)18(16)23(20,21)15-9-5-13(2)6-10-15/h3-10,16H,11H2,1-2H3. The summed E-state index contributed by atoms with van der Waals surface area (Å²) in [6.45, 7) is 3.84. The van der Waals surface area contributed by atoms with E-state index in [1.165, 1.54) is 12.1 Å². The fourth-order valence-corrected chi connectivity index (χ4v) is 3.99. The van der Waals surface area contributed by atoms with E-state index in [1.54, 1.807) is 12.1 Å². The molecule has 1 aliphatic heterocycles. The fraction of sp³-hybridized carbons (Fsp3) is 0.235. The molecule has 0 N–H and O–H groups in total. The number of amides is 1. The maximum Gasteiger partial charge on any atom is 0.424 e. The van der Waals surface area contributed by atoms with Crippen LogP contribution >= 0.6 is 0 Å². The van der Waals surface area contributed by atoms with Crippen molar-refractivity contribution in [3.05, 3.63) is 65.2 Å². The number of hydrogen-bond donors (Lipinski definition) is 0. The van der Waals surface area contributed by atoms with E-state index in [0.29, 0.717) is 0 Å². The van der Waals surface area contributed by atoms with Gasteiger partial charge in [-0.15, -0.1) is 0 Å². The number of sulfonamides is 1. The summed E-state index contributed by atoms with van der Waals surface area (Å²) in [7, 11) is -3.95. The van der Waals surface area contributed by atoms with Gasteiger partial charge in [-0.25, -0.2) is 13.2 Å². The Balaban J connectivity index is 2.02. The highest BCUT2D eigenvalue weighted by Gasteiger charge is 2.43. The van der Waals surface area contributed by atoms with Gasteiger partial charge in [0, 0.05) is 0 Å². The van der Waals surface area contributed by atoms with Gasteiger partial charge in [-0.2, -0.15) is 4.31 Å². The third-order valence-corrected chi connectivity index (χ3v) is 5.66. The summed E-state index contributed by atoms with van der Waals surface area (Å²) in [4.78, 5) is 12.1. The predicted molar refractivity (Wildman–Crippen MR) is 85.5 cm³/mol. The Morgan fingerprint density at radius 1 is 0.957 bits per heavy atom. The number of aryl methyl sites for hydroxylation is 2. The second kappa shape index (κ2) is 5.70. The first-order chi connectivity index (χ1) is 10.9. The van der Waals surface area contributed by atoms with Crippen LogP contribution in [0, 0.1) is 13.8 Å². The summed E-state index contributed by atoms with van der Waals surface area (Å²) in [6.07, 6.45) is -0.837. The minimum absolute atomic E-state index is 0.0208. The van der Waals surface area contributed by atoms with Crippen molar-refractivity contribution >= 4 is 16.1 Å². The van der Waals surface area contributed by atoms with Crippen LogP contribution < -0.4 is 0 Å². The van der Waals surface area contributed by atoms with Crippen LogP contribution in [0.4, 0.5) is 4.79 Å². The highest BCUT2D eigenvalue weighted by molar-refractivity contribution is 7.89. The van der Waals surface area contributed by atoms with Gasteiger partial charge in [-0.05, 0) is 31.5 Å². The zero-order chi connectivity index (χ0) is 16.6. The van der Waals surface area contributed by atoms with Gasteiger partial charge < -0.3 is 4.74 Å². The van der Waals surface area contributed by atoms with E-state index in [2.05, 4.69) is 0 Å². The molecule has 2 aromatic carbocycles. The Kier molecular flexibility index (Phi) is 3.85. The lowest BCUT2D eigenvalue weighted by Crippen LogP contribution is -2.34. The molecular formula is C17H17NO4S. The second-order valence-corrected chi connectivity index (χ2v) is 7.43. The highest BCUT2D eigenvalue weighted by Crippen LogP contribution is 2.33. The summed E-state index contributed by atoms with van der Waals surface area (Å²) in [5.74, 6) is 0. The zero-order valence-electron chi connectivity index (χ0n) is 12.9. The molecule has 1 amide bonds. The van der Waals surface area contributed by atoms with E-state index in [1.807, 2.05) is 38.1 Å². The summed E-state index contributed by atoms with van der Waals surface area (Å²) < 4.78 is 31.5. The number of carbonyl (C=O) groups excluding carboxylic acids is 1. The molecule has 0 aliphatic carbocycles. The number of cyclic esters (lactones) is 1. The van der Waals surface area contributed by atoms with Crippen molar-refractivity contribution in [3.63, 3.8) is 0 Å². The largest absolute Gasteiger partial charge is 0.446 e. The van der Waals surface area contributed by atoms with Crippen molar-refractivity contribution in [2.24, 2.45) is 0 Å². The first-order valence-electron chi connectivity index (χ1n) is 7.24. The summed E-state index contributed by atoms with van der Waals surface area (Å²) >= 11 is 0. The average molecular weight is 331 g/mol. The molecule has 0 saturated carbocycles. The van der Waals surface area contributed by atoms with Gasteiger partial charge in [-0.1, -0.05) is 47.5 Å². The monoisotopic (exact) mass is 331 g/mol. The van der Waals surface area contributed by atoms with Crippen LogP contribution in [0.1, 0.15) is 22.7 Å². The lowest BCUT2D eigenvalue weighted by molar-refractivity contribution is 0.170. The molecule has 0 aromatic heterocycles. The first-order valence-corrected chi connectivity index (χ1v) is 8.68. The van der Waals surface area contributed by atoms with Crippen molar-refractivity contribution in [2.75, 3.05) is 6.61 Å². The topological polar surface area (TPSA) is 63.7 Å². The third-order valence-electron chi connectivity index (χ3n) is 3.87. The van der Waals surface area contributed by atoms with Crippen LogP contribution in [0.2, 0.25) is 0 Å². The van der Waals surface area contributed by atoms with Crippen LogP contribution in [-0.4, -0.2) is 25.4 Å². The third kappa shape index (κ3) is 2.82. The molecule has 1 saturated heterocycles. The van der Waals surface area contributed by atoms with Crippen LogP contribution in [-0.2, 0) is 14.8 Å². The summed E-state index contributed by atoms with van der Waals surface area (Å²) in [6, 6.07) is 13.2. The maximum absolute atomic E-state index is 12.8. The minimum atomic E-state index is -3.95. The van der Waals surface area contributed by atoms with Gasteiger partial charge in [0.25, 0.3) is 10.0 Å². The molecule has 0 spiro atoms. The summed E-state index contributed by atoms with van der Waals surface area (Å²) in [5.41, 5.74) is 2.74. The van der Waals surface area contributed by atoms with Crippen LogP contribution in [0.15, 0.2) is 53.4 Å². The Labute approximate surface area is 135 Å². The Hall–Kier alpha value is -2.34. The molecule has 1 fully saturated rings. The lowest BCUT2D eigenvalue weighted by atomic mass is 10.1. The quantitative estimate of drug-likeness (QED) is 0.866. The first kappa shape index (κ1) is 15.6. The van der Waals surface area contributed by atoms with Crippen molar-refractivity contribution in [3.8, 4) is 0 Å². The molecule has 1 unspecified atom stereocenters. The number of nitrogens with zero attached hydrogens (tertiary/aromatic N) is 1. The lowest BCUT2D eigenvalue weighted by Gasteiger charge is -2.21. The van der Waals surface area contributed by atoms with Crippen molar-refractivity contribution in [2.45, 2.75) is 24.8 Å². The number of rotatable bonds is 3. The molecule has 1 heterocycles. The fourth-order valence-electron chi connectivity index (χ4n) is 2.52. The van der Waals surface area contributed by atoms with E-state index in [4.69, 9.17) is 4.74 Å². The second-order valence-electron chi connectivity index (χ2n) is 5.62. The Morgan fingerprint density at radius 3 is 2.04 bits per heavy atom. The SMILES string of the molecule is Cc1ccc(C2COC(=O)N2S(=O)(=O)c2ccc(C)cc2)cc1. The van der Waals surface area contributed by atoms with Crippen molar-refractivity contribution < 1.29 is 17.9 Å². The number of benzene rings is 2. The number of hydrogen-bond acceptors (Lipinski definition) is 4. The van der Waals surface area contributed by atoms with Gasteiger partial charge in [0.2, 0.25) is 0 Å². The van der Waals surface area contributed by atoms with Gasteiger partial charge in [0.05, 0.1) is 4.90 Å². The highest BCUT2D eigenvalue weighted by atomic mass is 32.2. The Morgan fingerprint density at radius 2 is 1.48 bits per heavy atom. The van der Waals surface area contributed by atoms with Gasteiger partial charge in [-0.3, -0.25) is 0 Å². The Bertz CT molecular complexity index is 826. The number of ether oxygens (including phenoxy) is 1. The van der Waals surface area contributed by atoms with E-state index >= 15 is 0 Å². The van der Waals surface area contributed by atoms with Crippen molar-refractivity contribution in [1.29, 1.82) is 0 Å². The molecule has 1 atom stereocenters. The average Bonchev–Trinajstić information content (AvgIpc) is 2.91. The molecule has 1 aliphatic rings.